The molecular formula is C15H13BrO4S. The van der Waals surface area contributed by atoms with Gasteiger partial charge < -0.3 is 4.74 Å². The fraction of sp³-hybridized carbons (Fsp3) is 0.133. The summed E-state index contributed by atoms with van der Waals surface area (Å²) in [6.45, 7) is 0. The molecule has 2 aromatic rings. The summed E-state index contributed by atoms with van der Waals surface area (Å²) in [7, 11) is -1.89. The molecule has 0 heterocycles. The van der Waals surface area contributed by atoms with Crippen LogP contribution in [0.15, 0.2) is 51.8 Å². The molecular weight excluding hydrogens is 356 g/mol. The zero-order valence-electron chi connectivity index (χ0n) is 11.5. The van der Waals surface area contributed by atoms with Gasteiger partial charge in [-0.1, -0.05) is 18.2 Å². The van der Waals surface area contributed by atoms with Crippen LogP contribution in [0.1, 0.15) is 10.4 Å². The molecule has 0 unspecified atom stereocenters. The molecule has 0 radical (unpaired) electrons. The van der Waals surface area contributed by atoms with E-state index in [4.69, 9.17) is 4.74 Å². The second kappa shape index (κ2) is 5.99. The largest absolute Gasteiger partial charge is 0.465 e. The van der Waals surface area contributed by atoms with Gasteiger partial charge in [-0.25, -0.2) is 13.2 Å². The summed E-state index contributed by atoms with van der Waals surface area (Å²) in [4.78, 5) is 11.9. The van der Waals surface area contributed by atoms with Gasteiger partial charge in [0.1, 0.15) is 0 Å². The number of hydrogen-bond donors (Lipinski definition) is 0. The molecule has 0 saturated carbocycles. The summed E-state index contributed by atoms with van der Waals surface area (Å²) in [5.41, 5.74) is 2.04. The van der Waals surface area contributed by atoms with Gasteiger partial charge in [-0.3, -0.25) is 0 Å². The maximum Gasteiger partial charge on any atom is 0.339 e. The Hall–Kier alpha value is -1.66. The third kappa shape index (κ3) is 3.51. The fourth-order valence-electron chi connectivity index (χ4n) is 1.87. The minimum atomic E-state index is -3.22. The van der Waals surface area contributed by atoms with Crippen LogP contribution in [0, 0.1) is 0 Å². The highest BCUT2D eigenvalue weighted by Crippen LogP contribution is 2.27. The van der Waals surface area contributed by atoms with Crippen LogP contribution in [0.2, 0.25) is 0 Å². The molecule has 6 heteroatoms. The smallest absolute Gasteiger partial charge is 0.339 e. The Morgan fingerprint density at radius 2 is 1.62 bits per heavy atom. The number of hydrogen-bond acceptors (Lipinski definition) is 4. The van der Waals surface area contributed by atoms with Crippen molar-refractivity contribution in [2.24, 2.45) is 0 Å². The van der Waals surface area contributed by atoms with Gasteiger partial charge in [0.15, 0.2) is 9.84 Å². The number of ether oxygens (including phenoxy) is 1. The van der Waals surface area contributed by atoms with E-state index in [1.807, 2.05) is 6.07 Å². The number of carbonyl (C=O) groups is 1. The van der Waals surface area contributed by atoms with Crippen molar-refractivity contribution in [1.82, 2.24) is 0 Å². The molecule has 0 amide bonds. The van der Waals surface area contributed by atoms with Crippen LogP contribution in [-0.2, 0) is 14.6 Å². The van der Waals surface area contributed by atoms with Gasteiger partial charge in [0.2, 0.25) is 0 Å². The molecule has 21 heavy (non-hydrogen) atoms. The molecule has 0 aliphatic carbocycles. The van der Waals surface area contributed by atoms with Crippen LogP contribution in [0.4, 0.5) is 0 Å². The highest BCUT2D eigenvalue weighted by molar-refractivity contribution is 9.10. The Bertz CT molecular complexity index is 780. The molecule has 2 aromatic carbocycles. The van der Waals surface area contributed by atoms with Crippen molar-refractivity contribution in [1.29, 1.82) is 0 Å². The van der Waals surface area contributed by atoms with Gasteiger partial charge >= 0.3 is 5.97 Å². The minimum Gasteiger partial charge on any atom is -0.465 e. The van der Waals surface area contributed by atoms with Gasteiger partial charge in [-0.15, -0.1) is 0 Å². The molecule has 2 rings (SSSR count). The first kappa shape index (κ1) is 15.7. The van der Waals surface area contributed by atoms with Gasteiger partial charge in [0, 0.05) is 10.7 Å². The van der Waals surface area contributed by atoms with Crippen LogP contribution in [0.5, 0.6) is 0 Å². The number of carbonyl (C=O) groups excluding carboxylic acids is 1. The average Bonchev–Trinajstić information content (AvgIpc) is 2.46. The Kier molecular flexibility index (Phi) is 4.49. The van der Waals surface area contributed by atoms with E-state index in [-0.39, 0.29) is 4.90 Å². The Morgan fingerprint density at radius 3 is 2.14 bits per heavy atom. The summed E-state index contributed by atoms with van der Waals surface area (Å²) in [6.07, 6.45) is 1.16. The summed E-state index contributed by atoms with van der Waals surface area (Å²) >= 11 is 3.30. The number of halogens is 1. The first-order valence-corrected chi connectivity index (χ1v) is 8.69. The van der Waals surface area contributed by atoms with Crippen LogP contribution >= 0.6 is 15.9 Å². The maximum atomic E-state index is 11.7. The lowest BCUT2D eigenvalue weighted by Gasteiger charge is -2.07. The van der Waals surface area contributed by atoms with Crippen molar-refractivity contribution in [3.63, 3.8) is 0 Å². The first-order valence-electron chi connectivity index (χ1n) is 6.01. The van der Waals surface area contributed by atoms with Gasteiger partial charge in [0.05, 0.1) is 17.6 Å². The van der Waals surface area contributed by atoms with Crippen molar-refractivity contribution in [3.8, 4) is 11.1 Å². The quantitative estimate of drug-likeness (QED) is 0.779. The maximum absolute atomic E-state index is 11.7. The summed E-state index contributed by atoms with van der Waals surface area (Å²) in [5, 5.41) is 0. The van der Waals surface area contributed by atoms with E-state index in [9.17, 15) is 13.2 Å². The van der Waals surface area contributed by atoms with Crippen LogP contribution in [0.25, 0.3) is 11.1 Å². The summed E-state index contributed by atoms with van der Waals surface area (Å²) in [6, 6.07) is 11.8. The number of benzene rings is 2. The van der Waals surface area contributed by atoms with Gasteiger partial charge in [0.25, 0.3) is 0 Å². The molecule has 4 nitrogen and oxygen atoms in total. The lowest BCUT2D eigenvalue weighted by molar-refractivity contribution is 0.0599. The normalized spacial score (nSPS) is 11.2. The van der Waals surface area contributed by atoms with Crippen molar-refractivity contribution in [3.05, 3.63) is 52.5 Å². The minimum absolute atomic E-state index is 0.261. The predicted molar refractivity (Wildman–Crippen MR) is 84.0 cm³/mol. The van der Waals surface area contributed by atoms with E-state index in [0.29, 0.717) is 10.0 Å². The molecule has 0 fully saturated rings. The van der Waals surface area contributed by atoms with Crippen LogP contribution in [-0.4, -0.2) is 27.8 Å². The SMILES string of the molecule is COC(=O)c1cc(-c2ccc(S(C)(=O)=O)cc2)ccc1Br. The van der Waals surface area contributed by atoms with E-state index in [1.54, 1.807) is 36.4 Å². The number of esters is 1. The molecule has 0 bridgehead atoms. The van der Waals surface area contributed by atoms with Crippen molar-refractivity contribution >= 4 is 31.7 Å². The lowest BCUT2D eigenvalue weighted by Crippen LogP contribution is -2.02. The van der Waals surface area contributed by atoms with E-state index in [0.717, 1.165) is 17.4 Å². The third-order valence-electron chi connectivity index (χ3n) is 2.99. The fourth-order valence-corrected chi connectivity index (χ4v) is 2.90. The van der Waals surface area contributed by atoms with Crippen molar-refractivity contribution < 1.29 is 17.9 Å². The molecule has 0 atom stereocenters. The van der Waals surface area contributed by atoms with Gasteiger partial charge in [-0.05, 0) is 51.3 Å². The third-order valence-corrected chi connectivity index (χ3v) is 4.81. The van der Waals surface area contributed by atoms with E-state index >= 15 is 0 Å². The Balaban J connectivity index is 2.45. The van der Waals surface area contributed by atoms with Gasteiger partial charge in [-0.2, -0.15) is 0 Å². The number of methoxy groups -OCH3 is 1. The highest BCUT2D eigenvalue weighted by atomic mass is 79.9. The molecule has 0 saturated heterocycles. The van der Waals surface area contributed by atoms with E-state index in [1.165, 1.54) is 7.11 Å². The summed E-state index contributed by atoms with van der Waals surface area (Å²) < 4.78 is 28.2. The second-order valence-electron chi connectivity index (χ2n) is 4.48. The second-order valence-corrected chi connectivity index (χ2v) is 7.35. The molecule has 0 aliphatic heterocycles. The van der Waals surface area contributed by atoms with E-state index in [2.05, 4.69) is 15.9 Å². The van der Waals surface area contributed by atoms with Crippen LogP contribution in [0.3, 0.4) is 0 Å². The topological polar surface area (TPSA) is 60.4 Å². The summed E-state index contributed by atoms with van der Waals surface area (Å²) in [5.74, 6) is -0.434. The van der Waals surface area contributed by atoms with Crippen LogP contribution < -0.4 is 0 Å². The van der Waals surface area contributed by atoms with E-state index < -0.39 is 15.8 Å². The molecule has 0 spiro atoms. The van der Waals surface area contributed by atoms with Crippen molar-refractivity contribution in [2.75, 3.05) is 13.4 Å². The molecule has 110 valence electrons. The number of rotatable bonds is 3. The lowest BCUT2D eigenvalue weighted by atomic mass is 10.0. The average molecular weight is 369 g/mol. The number of sulfone groups is 1. The highest BCUT2D eigenvalue weighted by Gasteiger charge is 2.12. The Morgan fingerprint density at radius 1 is 1.05 bits per heavy atom. The zero-order valence-corrected chi connectivity index (χ0v) is 13.9. The standard InChI is InChI=1S/C15H13BrO4S/c1-20-15(17)13-9-11(5-8-14(13)16)10-3-6-12(7-4-10)21(2,18)19/h3-9H,1-2H3. The molecule has 0 N–H and O–H groups in total. The predicted octanol–water partition coefficient (Wildman–Crippen LogP) is 3.31. The zero-order chi connectivity index (χ0) is 15.6. The Labute approximate surface area is 131 Å². The first-order chi connectivity index (χ1) is 9.82. The van der Waals surface area contributed by atoms with Crippen molar-refractivity contribution in [2.45, 2.75) is 4.90 Å². The molecule has 0 aliphatic rings. The molecule has 0 aromatic heterocycles. The monoisotopic (exact) mass is 368 g/mol.